The number of amides is 2. The molecule has 1 aromatic heterocycles. The topological polar surface area (TPSA) is 101 Å². The van der Waals surface area contributed by atoms with E-state index in [0.717, 1.165) is 4.90 Å². The van der Waals surface area contributed by atoms with Crippen molar-refractivity contribution < 1.29 is 23.5 Å². The minimum atomic E-state index is -0.581. The summed E-state index contributed by atoms with van der Waals surface area (Å²) in [5, 5.41) is 9.99. The molecule has 7 nitrogen and oxygen atoms in total. The smallest absolute Gasteiger partial charge is 0.338 e. The molecule has 37 heavy (non-hydrogen) atoms. The molecule has 0 saturated heterocycles. The summed E-state index contributed by atoms with van der Waals surface area (Å²) < 4.78 is 11.3. The molecule has 0 N–H and O–H groups in total. The second-order valence-electron chi connectivity index (χ2n) is 8.38. The summed E-state index contributed by atoms with van der Waals surface area (Å²) in [4.78, 5) is 39.2. The highest BCUT2D eigenvalue weighted by molar-refractivity contribution is 6.31. The van der Waals surface area contributed by atoms with Gasteiger partial charge in [-0.25, -0.2) is 4.79 Å². The summed E-state index contributed by atoms with van der Waals surface area (Å²) in [6.07, 6.45) is 2.10. The van der Waals surface area contributed by atoms with Crippen molar-refractivity contribution in [2.24, 2.45) is 0 Å². The van der Waals surface area contributed by atoms with Crippen molar-refractivity contribution in [2.75, 3.05) is 6.54 Å². The van der Waals surface area contributed by atoms with Gasteiger partial charge in [0.2, 0.25) is 0 Å². The molecule has 0 unspecified atom stereocenters. The van der Waals surface area contributed by atoms with Gasteiger partial charge in [0.05, 0.1) is 5.56 Å². The van der Waals surface area contributed by atoms with E-state index in [-0.39, 0.29) is 24.3 Å². The van der Waals surface area contributed by atoms with Crippen LogP contribution in [-0.2, 0) is 20.9 Å². The molecule has 0 radical (unpaired) electrons. The fraction of sp³-hybridized carbons (Fsp3) is 0.172. The van der Waals surface area contributed by atoms with E-state index in [2.05, 4.69) is 0 Å². The first-order chi connectivity index (χ1) is 17.8. The quantitative estimate of drug-likeness (QED) is 0.219. The van der Waals surface area contributed by atoms with Crippen molar-refractivity contribution >= 4 is 35.5 Å². The van der Waals surface area contributed by atoms with Gasteiger partial charge in [0.15, 0.2) is 0 Å². The number of furan rings is 1. The van der Waals surface area contributed by atoms with Crippen LogP contribution in [0.2, 0.25) is 5.02 Å². The minimum absolute atomic E-state index is 0.0460. The number of benzene rings is 2. The molecule has 186 valence electrons. The fourth-order valence-electron chi connectivity index (χ4n) is 3.93. The summed E-state index contributed by atoms with van der Waals surface area (Å²) in [5.41, 5.74) is 2.16. The molecule has 0 bridgehead atoms. The van der Waals surface area contributed by atoms with Gasteiger partial charge in [0, 0.05) is 28.3 Å². The number of hydrogen-bond acceptors (Lipinski definition) is 6. The summed E-state index contributed by atoms with van der Waals surface area (Å²) in [7, 11) is 0. The molecule has 0 fully saturated rings. The SMILES string of the molecule is CCCN1C(=O)C(C#N)=C(C)/C(=C/c2ccc(-c3cccc(C(=O)OCc4ccccc4Cl)c3)o2)C1=O. The van der Waals surface area contributed by atoms with E-state index in [1.54, 1.807) is 61.5 Å². The second kappa shape index (κ2) is 11.1. The predicted molar refractivity (Wildman–Crippen MR) is 138 cm³/mol. The van der Waals surface area contributed by atoms with Gasteiger partial charge in [0.25, 0.3) is 11.8 Å². The molecule has 2 heterocycles. The number of carbonyl (C=O) groups is 3. The Morgan fingerprint density at radius 2 is 1.89 bits per heavy atom. The van der Waals surface area contributed by atoms with E-state index in [1.165, 1.54) is 6.08 Å². The average Bonchev–Trinajstić information content (AvgIpc) is 3.38. The van der Waals surface area contributed by atoms with Crippen LogP contribution in [0, 0.1) is 11.3 Å². The lowest BCUT2D eigenvalue weighted by Crippen LogP contribution is -2.43. The predicted octanol–water partition coefficient (Wildman–Crippen LogP) is 5.96. The zero-order valence-electron chi connectivity index (χ0n) is 20.3. The largest absolute Gasteiger partial charge is 0.457 e. The molecule has 0 spiro atoms. The van der Waals surface area contributed by atoms with Crippen LogP contribution < -0.4 is 0 Å². The summed E-state index contributed by atoms with van der Waals surface area (Å²) in [5.74, 6) is -0.715. The molecule has 4 rings (SSSR count). The van der Waals surface area contributed by atoms with Crippen LogP contribution in [0.15, 0.2) is 81.8 Å². The number of nitriles is 1. The van der Waals surface area contributed by atoms with Crippen molar-refractivity contribution in [1.29, 1.82) is 5.26 Å². The van der Waals surface area contributed by atoms with Crippen LogP contribution in [-0.4, -0.2) is 29.2 Å². The van der Waals surface area contributed by atoms with Crippen molar-refractivity contribution in [1.82, 2.24) is 4.90 Å². The van der Waals surface area contributed by atoms with Crippen molar-refractivity contribution in [3.8, 4) is 17.4 Å². The lowest BCUT2D eigenvalue weighted by molar-refractivity contribution is -0.140. The minimum Gasteiger partial charge on any atom is -0.457 e. The molecule has 0 atom stereocenters. The molecule has 1 aliphatic rings. The van der Waals surface area contributed by atoms with E-state index in [4.69, 9.17) is 20.8 Å². The van der Waals surface area contributed by atoms with Crippen molar-refractivity contribution in [2.45, 2.75) is 26.9 Å². The van der Waals surface area contributed by atoms with Gasteiger partial charge in [-0.1, -0.05) is 48.9 Å². The van der Waals surface area contributed by atoms with Gasteiger partial charge >= 0.3 is 5.97 Å². The monoisotopic (exact) mass is 514 g/mol. The van der Waals surface area contributed by atoms with E-state index in [0.29, 0.717) is 45.2 Å². The highest BCUT2D eigenvalue weighted by atomic mass is 35.5. The fourth-order valence-corrected chi connectivity index (χ4v) is 4.12. The molecule has 2 aromatic carbocycles. The second-order valence-corrected chi connectivity index (χ2v) is 8.79. The summed E-state index contributed by atoms with van der Waals surface area (Å²) in [6.45, 7) is 3.69. The van der Waals surface area contributed by atoms with Crippen LogP contribution in [0.5, 0.6) is 0 Å². The van der Waals surface area contributed by atoms with Crippen molar-refractivity contribution in [3.05, 3.63) is 99.3 Å². The number of ether oxygens (including phenoxy) is 1. The van der Waals surface area contributed by atoms with Crippen LogP contribution in [0.3, 0.4) is 0 Å². The van der Waals surface area contributed by atoms with E-state index in [9.17, 15) is 19.6 Å². The Labute approximate surface area is 219 Å². The van der Waals surface area contributed by atoms with Gasteiger partial charge < -0.3 is 9.15 Å². The van der Waals surface area contributed by atoms with E-state index in [1.807, 2.05) is 19.1 Å². The Hall–Kier alpha value is -4.41. The highest BCUT2D eigenvalue weighted by Crippen LogP contribution is 2.30. The molecular weight excluding hydrogens is 492 g/mol. The van der Waals surface area contributed by atoms with Crippen LogP contribution in [0.4, 0.5) is 0 Å². The summed E-state index contributed by atoms with van der Waals surface area (Å²) in [6, 6.07) is 19.2. The molecule has 3 aromatic rings. The average molecular weight is 515 g/mol. The zero-order valence-corrected chi connectivity index (χ0v) is 21.0. The molecule has 2 amide bonds. The number of nitrogens with zero attached hydrogens (tertiary/aromatic N) is 2. The summed E-state index contributed by atoms with van der Waals surface area (Å²) >= 11 is 6.13. The Morgan fingerprint density at radius 3 is 2.62 bits per heavy atom. The standard InChI is InChI=1S/C29H23ClN2O5/c1-3-13-32-27(33)23(18(2)24(16-31)28(32)34)15-22-11-12-26(37-22)19-8-6-9-20(14-19)29(35)36-17-21-7-4-5-10-25(21)30/h4-12,14-15H,3,13,17H2,1-2H3/b23-15-. The first-order valence-electron chi connectivity index (χ1n) is 11.6. The number of rotatable bonds is 7. The Balaban J connectivity index is 1.57. The van der Waals surface area contributed by atoms with Gasteiger partial charge in [0.1, 0.15) is 29.8 Å². The normalized spacial score (nSPS) is 14.8. The number of carbonyl (C=O) groups excluding carboxylic acids is 3. The molecular formula is C29H23ClN2O5. The Bertz CT molecular complexity index is 1490. The Morgan fingerprint density at radius 1 is 1.11 bits per heavy atom. The molecule has 0 aliphatic carbocycles. The first-order valence-corrected chi connectivity index (χ1v) is 12.0. The molecule has 0 saturated carbocycles. The maximum absolute atomic E-state index is 13.0. The molecule has 1 aliphatic heterocycles. The third-order valence-electron chi connectivity index (χ3n) is 5.89. The first kappa shape index (κ1) is 25.7. The zero-order chi connectivity index (χ0) is 26.5. The van der Waals surface area contributed by atoms with Crippen LogP contribution in [0.25, 0.3) is 17.4 Å². The molecule has 8 heteroatoms. The van der Waals surface area contributed by atoms with Crippen LogP contribution in [0.1, 0.15) is 41.9 Å². The lowest BCUT2D eigenvalue weighted by atomic mass is 9.94. The van der Waals surface area contributed by atoms with E-state index >= 15 is 0 Å². The van der Waals surface area contributed by atoms with E-state index < -0.39 is 17.8 Å². The third-order valence-corrected chi connectivity index (χ3v) is 6.25. The van der Waals surface area contributed by atoms with Gasteiger partial charge in [-0.05, 0) is 55.3 Å². The number of halogens is 1. The highest BCUT2D eigenvalue weighted by Gasteiger charge is 2.35. The van der Waals surface area contributed by atoms with Gasteiger partial charge in [-0.2, -0.15) is 5.26 Å². The number of hydrogen-bond donors (Lipinski definition) is 0. The number of imide groups is 1. The third kappa shape index (κ3) is 5.40. The number of esters is 1. The van der Waals surface area contributed by atoms with Crippen LogP contribution >= 0.6 is 11.6 Å². The van der Waals surface area contributed by atoms with Gasteiger partial charge in [-0.3, -0.25) is 14.5 Å². The maximum atomic E-state index is 13.0. The van der Waals surface area contributed by atoms with Crippen molar-refractivity contribution in [3.63, 3.8) is 0 Å². The maximum Gasteiger partial charge on any atom is 0.338 e. The lowest BCUT2D eigenvalue weighted by Gasteiger charge is -2.26. The Kier molecular flexibility index (Phi) is 7.71. The van der Waals surface area contributed by atoms with Gasteiger partial charge in [-0.15, -0.1) is 0 Å².